The smallest absolute Gasteiger partial charge is 0.0248 e. The van der Waals surface area contributed by atoms with Gasteiger partial charge in [0.15, 0.2) is 0 Å². The second-order valence-electron chi connectivity index (χ2n) is 3.87. The maximum absolute atomic E-state index is 5.37. The largest absolute Gasteiger partial charge is 0.115 e. The number of benzene rings is 2. The SMILES string of the molecule is C#Cc1cccc(/C=C\c2cccc(C#C)c2)c1. The standard InChI is InChI=1S/C18H12/c1-3-15-7-5-9-17(13-15)11-12-18-10-6-8-16(4-2)14-18/h1-2,5-14H/b12-11-. The van der Waals surface area contributed by atoms with Crippen LogP contribution in [0.1, 0.15) is 22.3 Å². The normalized spacial score (nSPS) is 9.89. The summed E-state index contributed by atoms with van der Waals surface area (Å²) in [4.78, 5) is 0. The van der Waals surface area contributed by atoms with Gasteiger partial charge in [-0.15, -0.1) is 12.8 Å². The minimum absolute atomic E-state index is 0.884. The molecule has 18 heavy (non-hydrogen) atoms. The van der Waals surface area contributed by atoms with Crippen LogP contribution in [0.2, 0.25) is 0 Å². The summed E-state index contributed by atoms with van der Waals surface area (Å²) in [5.41, 5.74) is 3.93. The number of rotatable bonds is 2. The van der Waals surface area contributed by atoms with Gasteiger partial charge in [0.1, 0.15) is 0 Å². The Morgan fingerprint density at radius 2 is 1.17 bits per heavy atom. The molecule has 0 fully saturated rings. The summed E-state index contributed by atoms with van der Waals surface area (Å²) >= 11 is 0. The van der Waals surface area contributed by atoms with E-state index in [2.05, 4.69) is 11.8 Å². The van der Waals surface area contributed by atoms with E-state index in [0.29, 0.717) is 0 Å². The van der Waals surface area contributed by atoms with Crippen molar-refractivity contribution in [3.05, 3.63) is 70.8 Å². The van der Waals surface area contributed by atoms with Crippen molar-refractivity contribution >= 4 is 12.2 Å². The second-order valence-corrected chi connectivity index (χ2v) is 3.87. The Balaban J connectivity index is 2.25. The highest BCUT2D eigenvalue weighted by Crippen LogP contribution is 2.11. The van der Waals surface area contributed by atoms with Crippen molar-refractivity contribution < 1.29 is 0 Å². The van der Waals surface area contributed by atoms with Crippen LogP contribution in [0.5, 0.6) is 0 Å². The van der Waals surface area contributed by atoms with Gasteiger partial charge in [-0.2, -0.15) is 0 Å². The molecule has 0 bridgehead atoms. The van der Waals surface area contributed by atoms with E-state index in [-0.39, 0.29) is 0 Å². The Labute approximate surface area is 108 Å². The van der Waals surface area contributed by atoms with Crippen molar-refractivity contribution in [1.29, 1.82) is 0 Å². The van der Waals surface area contributed by atoms with Gasteiger partial charge in [-0.25, -0.2) is 0 Å². The molecule has 2 aromatic rings. The van der Waals surface area contributed by atoms with Crippen molar-refractivity contribution in [3.8, 4) is 24.7 Å². The summed E-state index contributed by atoms with van der Waals surface area (Å²) in [6.45, 7) is 0. The molecule has 0 aliphatic heterocycles. The highest BCUT2D eigenvalue weighted by Gasteiger charge is 1.91. The van der Waals surface area contributed by atoms with E-state index < -0.39 is 0 Å². The first-order valence-corrected chi connectivity index (χ1v) is 5.63. The second kappa shape index (κ2) is 5.58. The average Bonchev–Trinajstić information content (AvgIpc) is 2.45. The fraction of sp³-hybridized carbons (Fsp3) is 0. The van der Waals surface area contributed by atoms with Gasteiger partial charge in [0, 0.05) is 11.1 Å². The molecule has 0 unspecified atom stereocenters. The Hall–Kier alpha value is -2.70. The molecule has 0 heteroatoms. The average molecular weight is 228 g/mol. The molecule has 84 valence electrons. The Morgan fingerprint density at radius 3 is 1.56 bits per heavy atom. The first kappa shape index (κ1) is 11.8. The van der Waals surface area contributed by atoms with Crippen LogP contribution in [0.3, 0.4) is 0 Å². The van der Waals surface area contributed by atoms with Gasteiger partial charge in [0.05, 0.1) is 0 Å². The van der Waals surface area contributed by atoms with Gasteiger partial charge >= 0.3 is 0 Å². The molecule has 0 saturated carbocycles. The Morgan fingerprint density at radius 1 is 0.722 bits per heavy atom. The van der Waals surface area contributed by atoms with Crippen molar-refractivity contribution in [2.75, 3.05) is 0 Å². The topological polar surface area (TPSA) is 0 Å². The molecule has 0 nitrogen and oxygen atoms in total. The van der Waals surface area contributed by atoms with Crippen LogP contribution in [0, 0.1) is 24.7 Å². The summed E-state index contributed by atoms with van der Waals surface area (Å²) in [6, 6.07) is 15.7. The van der Waals surface area contributed by atoms with Gasteiger partial charge in [-0.1, -0.05) is 48.3 Å². The quantitative estimate of drug-likeness (QED) is 0.541. The van der Waals surface area contributed by atoms with Gasteiger partial charge < -0.3 is 0 Å². The number of hydrogen-bond acceptors (Lipinski definition) is 0. The van der Waals surface area contributed by atoms with Crippen molar-refractivity contribution in [3.63, 3.8) is 0 Å². The maximum Gasteiger partial charge on any atom is 0.0248 e. The molecule has 0 N–H and O–H groups in total. The van der Waals surface area contributed by atoms with Crippen LogP contribution in [0.25, 0.3) is 12.2 Å². The zero-order chi connectivity index (χ0) is 12.8. The summed E-state index contributed by atoms with van der Waals surface area (Å²) < 4.78 is 0. The van der Waals surface area contributed by atoms with E-state index in [1.807, 2.05) is 60.7 Å². The maximum atomic E-state index is 5.37. The third kappa shape index (κ3) is 2.91. The van der Waals surface area contributed by atoms with Gasteiger partial charge in [-0.3, -0.25) is 0 Å². The molecular weight excluding hydrogens is 216 g/mol. The van der Waals surface area contributed by atoms with Crippen molar-refractivity contribution in [2.24, 2.45) is 0 Å². The van der Waals surface area contributed by atoms with E-state index in [1.54, 1.807) is 0 Å². The monoisotopic (exact) mass is 228 g/mol. The molecule has 0 amide bonds. The first-order chi connectivity index (χ1) is 8.81. The molecule has 0 heterocycles. The van der Waals surface area contributed by atoms with Crippen molar-refractivity contribution in [2.45, 2.75) is 0 Å². The molecule has 0 aliphatic carbocycles. The highest BCUT2D eigenvalue weighted by atomic mass is 14.0. The molecule has 0 atom stereocenters. The lowest BCUT2D eigenvalue weighted by atomic mass is 10.1. The lowest BCUT2D eigenvalue weighted by Crippen LogP contribution is -1.78. The molecule has 0 saturated heterocycles. The van der Waals surface area contributed by atoms with Crippen LogP contribution in [-0.2, 0) is 0 Å². The van der Waals surface area contributed by atoms with E-state index in [4.69, 9.17) is 12.8 Å². The fourth-order valence-corrected chi connectivity index (χ4v) is 1.66. The number of hydrogen-bond donors (Lipinski definition) is 0. The van der Waals surface area contributed by atoms with E-state index in [0.717, 1.165) is 22.3 Å². The first-order valence-electron chi connectivity index (χ1n) is 5.63. The van der Waals surface area contributed by atoms with E-state index in [1.165, 1.54) is 0 Å². The molecule has 0 aromatic heterocycles. The lowest BCUT2D eigenvalue weighted by Gasteiger charge is -1.97. The molecule has 2 rings (SSSR count). The predicted molar refractivity (Wildman–Crippen MR) is 77.7 cm³/mol. The summed E-state index contributed by atoms with van der Waals surface area (Å²) in [6.07, 6.45) is 14.8. The van der Waals surface area contributed by atoms with E-state index in [9.17, 15) is 0 Å². The van der Waals surface area contributed by atoms with Crippen LogP contribution in [0.4, 0.5) is 0 Å². The molecule has 0 spiro atoms. The van der Waals surface area contributed by atoms with Crippen LogP contribution < -0.4 is 0 Å². The summed E-state index contributed by atoms with van der Waals surface area (Å²) in [5.74, 6) is 5.25. The van der Waals surface area contributed by atoms with E-state index >= 15 is 0 Å². The summed E-state index contributed by atoms with van der Waals surface area (Å²) in [7, 11) is 0. The van der Waals surface area contributed by atoms with Gasteiger partial charge in [-0.05, 0) is 35.4 Å². The third-order valence-electron chi connectivity index (χ3n) is 2.57. The number of terminal acetylenes is 2. The molecule has 0 aliphatic rings. The minimum Gasteiger partial charge on any atom is -0.115 e. The third-order valence-corrected chi connectivity index (χ3v) is 2.57. The zero-order valence-corrected chi connectivity index (χ0v) is 9.93. The fourth-order valence-electron chi connectivity index (χ4n) is 1.66. The minimum atomic E-state index is 0.884. The molecular formula is C18H12. The Kier molecular flexibility index (Phi) is 3.65. The van der Waals surface area contributed by atoms with Gasteiger partial charge in [0.25, 0.3) is 0 Å². The zero-order valence-electron chi connectivity index (χ0n) is 9.93. The molecule has 0 radical (unpaired) electrons. The van der Waals surface area contributed by atoms with Crippen LogP contribution >= 0.6 is 0 Å². The van der Waals surface area contributed by atoms with Gasteiger partial charge in [0.2, 0.25) is 0 Å². The van der Waals surface area contributed by atoms with Crippen LogP contribution in [-0.4, -0.2) is 0 Å². The highest BCUT2D eigenvalue weighted by molar-refractivity contribution is 5.70. The van der Waals surface area contributed by atoms with Crippen LogP contribution in [0.15, 0.2) is 48.5 Å². The predicted octanol–water partition coefficient (Wildman–Crippen LogP) is 3.82. The summed E-state index contributed by atoms with van der Waals surface area (Å²) in [5, 5.41) is 0. The Bertz CT molecular complexity index is 601. The molecule has 2 aromatic carbocycles. The lowest BCUT2D eigenvalue weighted by molar-refractivity contribution is 1.60. The van der Waals surface area contributed by atoms with Crippen molar-refractivity contribution in [1.82, 2.24) is 0 Å².